The molecule has 112 valence electrons. The molecule has 3 heteroatoms. The molecule has 1 saturated carbocycles. The van der Waals surface area contributed by atoms with Gasteiger partial charge >= 0.3 is 0 Å². The van der Waals surface area contributed by atoms with Gasteiger partial charge in [0.25, 0.3) is 0 Å². The Bertz CT molecular complexity index is 288. The molecule has 1 aliphatic carbocycles. The number of amides is 1. The van der Waals surface area contributed by atoms with E-state index in [9.17, 15) is 9.90 Å². The molecule has 0 bridgehead atoms. The van der Waals surface area contributed by atoms with Crippen molar-refractivity contribution >= 4 is 5.91 Å². The van der Waals surface area contributed by atoms with Gasteiger partial charge in [-0.3, -0.25) is 4.79 Å². The van der Waals surface area contributed by atoms with E-state index >= 15 is 0 Å². The molecule has 3 nitrogen and oxygen atoms in total. The maximum Gasteiger partial charge on any atom is 0.225 e. The minimum atomic E-state index is -0.0656. The fraction of sp³-hybridized carbons (Fsp3) is 0.938. The summed E-state index contributed by atoms with van der Waals surface area (Å²) in [4.78, 5) is 14.4. The molecule has 1 amide bonds. The predicted octanol–water partition coefficient (Wildman–Crippen LogP) is 3.07. The molecular weight excluding hydrogens is 238 g/mol. The second-order valence-corrected chi connectivity index (χ2v) is 6.94. The predicted molar refractivity (Wildman–Crippen MR) is 78.9 cm³/mol. The summed E-state index contributed by atoms with van der Waals surface area (Å²) in [6, 6.07) is 0. The van der Waals surface area contributed by atoms with Crippen LogP contribution in [0.15, 0.2) is 0 Å². The Labute approximate surface area is 118 Å². The van der Waals surface area contributed by atoms with Crippen LogP contribution in [0.5, 0.6) is 0 Å². The molecule has 0 saturated heterocycles. The first-order valence-corrected chi connectivity index (χ1v) is 7.77. The second kappa shape index (κ2) is 7.28. The van der Waals surface area contributed by atoms with Gasteiger partial charge in [0.2, 0.25) is 5.91 Å². The van der Waals surface area contributed by atoms with E-state index in [1.807, 2.05) is 11.9 Å². The Morgan fingerprint density at radius 3 is 2.53 bits per heavy atom. The van der Waals surface area contributed by atoms with Crippen molar-refractivity contribution in [2.75, 3.05) is 20.2 Å². The van der Waals surface area contributed by atoms with Gasteiger partial charge in [-0.05, 0) is 37.0 Å². The van der Waals surface area contributed by atoms with Crippen molar-refractivity contribution < 1.29 is 9.90 Å². The monoisotopic (exact) mass is 269 g/mol. The largest absolute Gasteiger partial charge is 0.396 e. The average Bonchev–Trinajstić information content (AvgIpc) is 2.38. The fourth-order valence-corrected chi connectivity index (χ4v) is 3.28. The standard InChI is InChI=1S/C16H31NO2/c1-5-10-17(4)15(19)14-9-7-6-8-13(14)11-16(2,3)12-18/h13-14,18H,5-12H2,1-4H3/t13-,14?/m0/s1. The van der Waals surface area contributed by atoms with Crippen LogP contribution in [0.1, 0.15) is 59.3 Å². The maximum atomic E-state index is 12.5. The van der Waals surface area contributed by atoms with Gasteiger partial charge in [0, 0.05) is 26.1 Å². The van der Waals surface area contributed by atoms with Gasteiger partial charge in [-0.15, -0.1) is 0 Å². The number of rotatable bonds is 6. The Balaban J connectivity index is 2.69. The minimum Gasteiger partial charge on any atom is -0.396 e. The molecule has 1 N–H and O–H groups in total. The van der Waals surface area contributed by atoms with Crippen LogP contribution in [0.2, 0.25) is 0 Å². The van der Waals surface area contributed by atoms with E-state index in [0.29, 0.717) is 11.8 Å². The molecule has 0 aliphatic heterocycles. The highest BCUT2D eigenvalue weighted by Crippen LogP contribution is 2.38. The van der Waals surface area contributed by atoms with Crippen molar-refractivity contribution in [2.45, 2.75) is 59.3 Å². The van der Waals surface area contributed by atoms with Crippen LogP contribution in [0, 0.1) is 17.3 Å². The number of carbonyl (C=O) groups excluding carboxylic acids is 1. The summed E-state index contributed by atoms with van der Waals surface area (Å²) in [5.74, 6) is 0.944. The van der Waals surface area contributed by atoms with Crippen LogP contribution in [-0.4, -0.2) is 36.1 Å². The van der Waals surface area contributed by atoms with Gasteiger partial charge in [0.1, 0.15) is 0 Å². The summed E-state index contributed by atoms with van der Waals surface area (Å²) >= 11 is 0. The van der Waals surface area contributed by atoms with Crippen molar-refractivity contribution in [2.24, 2.45) is 17.3 Å². The maximum absolute atomic E-state index is 12.5. The Kier molecular flexibility index (Phi) is 6.31. The van der Waals surface area contributed by atoms with Gasteiger partial charge in [0.05, 0.1) is 0 Å². The second-order valence-electron chi connectivity index (χ2n) is 6.94. The summed E-state index contributed by atoms with van der Waals surface area (Å²) in [5.41, 5.74) is -0.0656. The average molecular weight is 269 g/mol. The molecule has 19 heavy (non-hydrogen) atoms. The minimum absolute atomic E-state index is 0.0656. The summed E-state index contributed by atoms with van der Waals surface area (Å²) in [5, 5.41) is 9.45. The summed E-state index contributed by atoms with van der Waals surface area (Å²) < 4.78 is 0. The van der Waals surface area contributed by atoms with Gasteiger partial charge in [-0.25, -0.2) is 0 Å². The molecule has 0 radical (unpaired) electrons. The smallest absolute Gasteiger partial charge is 0.225 e. The lowest BCUT2D eigenvalue weighted by molar-refractivity contribution is -0.137. The fourth-order valence-electron chi connectivity index (χ4n) is 3.28. The van der Waals surface area contributed by atoms with E-state index < -0.39 is 0 Å². The molecule has 0 aromatic heterocycles. The van der Waals surface area contributed by atoms with Gasteiger partial charge in [0.15, 0.2) is 0 Å². The number of aliphatic hydroxyl groups is 1. The van der Waals surface area contributed by atoms with Gasteiger partial charge in [-0.1, -0.05) is 33.6 Å². The number of carbonyl (C=O) groups is 1. The zero-order valence-corrected chi connectivity index (χ0v) is 13.1. The van der Waals surface area contributed by atoms with Crippen molar-refractivity contribution in [1.29, 1.82) is 0 Å². The first kappa shape index (κ1) is 16.5. The quantitative estimate of drug-likeness (QED) is 0.805. The zero-order valence-electron chi connectivity index (χ0n) is 13.1. The first-order valence-electron chi connectivity index (χ1n) is 7.77. The normalized spacial score (nSPS) is 24.3. The van der Waals surface area contributed by atoms with Crippen LogP contribution >= 0.6 is 0 Å². The highest BCUT2D eigenvalue weighted by atomic mass is 16.3. The van der Waals surface area contributed by atoms with Crippen molar-refractivity contribution in [3.05, 3.63) is 0 Å². The lowest BCUT2D eigenvalue weighted by atomic mass is 9.71. The number of nitrogens with zero attached hydrogens (tertiary/aromatic N) is 1. The van der Waals surface area contributed by atoms with Crippen molar-refractivity contribution in [3.8, 4) is 0 Å². The van der Waals surface area contributed by atoms with Crippen LogP contribution < -0.4 is 0 Å². The molecule has 0 aromatic rings. The van der Waals surface area contributed by atoms with Crippen molar-refractivity contribution in [3.63, 3.8) is 0 Å². The van der Waals surface area contributed by atoms with Crippen molar-refractivity contribution in [1.82, 2.24) is 4.90 Å². The summed E-state index contributed by atoms with van der Waals surface area (Å²) in [7, 11) is 1.93. The van der Waals surface area contributed by atoms with Crippen LogP contribution in [-0.2, 0) is 4.79 Å². The molecule has 0 heterocycles. The highest BCUT2D eigenvalue weighted by Gasteiger charge is 2.35. The van der Waals surface area contributed by atoms with Crippen LogP contribution in [0.25, 0.3) is 0 Å². The van der Waals surface area contributed by atoms with E-state index in [0.717, 1.165) is 32.2 Å². The Morgan fingerprint density at radius 2 is 1.95 bits per heavy atom. The molecular formula is C16H31NO2. The van der Waals surface area contributed by atoms with Gasteiger partial charge < -0.3 is 10.0 Å². The summed E-state index contributed by atoms with van der Waals surface area (Å²) in [6.45, 7) is 7.36. The third-order valence-corrected chi connectivity index (χ3v) is 4.40. The van der Waals surface area contributed by atoms with E-state index in [1.54, 1.807) is 0 Å². The lowest BCUT2D eigenvalue weighted by Gasteiger charge is -2.37. The lowest BCUT2D eigenvalue weighted by Crippen LogP contribution is -2.40. The van der Waals surface area contributed by atoms with E-state index in [2.05, 4.69) is 20.8 Å². The zero-order chi connectivity index (χ0) is 14.5. The molecule has 1 fully saturated rings. The highest BCUT2D eigenvalue weighted by molar-refractivity contribution is 5.79. The van der Waals surface area contributed by atoms with Crippen LogP contribution in [0.4, 0.5) is 0 Å². The SMILES string of the molecule is CCCN(C)C(=O)C1CCCC[C@H]1CC(C)(C)CO. The van der Waals surface area contributed by atoms with E-state index in [1.165, 1.54) is 12.8 Å². The van der Waals surface area contributed by atoms with Crippen LogP contribution in [0.3, 0.4) is 0 Å². The van der Waals surface area contributed by atoms with E-state index in [4.69, 9.17) is 0 Å². The van der Waals surface area contributed by atoms with E-state index in [-0.39, 0.29) is 17.9 Å². The molecule has 0 spiro atoms. The number of aliphatic hydroxyl groups excluding tert-OH is 1. The first-order chi connectivity index (χ1) is 8.91. The number of hydrogen-bond acceptors (Lipinski definition) is 2. The molecule has 1 rings (SSSR count). The Morgan fingerprint density at radius 1 is 1.32 bits per heavy atom. The molecule has 1 unspecified atom stereocenters. The Hall–Kier alpha value is -0.570. The number of hydrogen-bond donors (Lipinski definition) is 1. The van der Waals surface area contributed by atoms with Gasteiger partial charge in [-0.2, -0.15) is 0 Å². The topological polar surface area (TPSA) is 40.5 Å². The molecule has 2 atom stereocenters. The third-order valence-electron chi connectivity index (χ3n) is 4.40. The molecule has 1 aliphatic rings. The summed E-state index contributed by atoms with van der Waals surface area (Å²) in [6.07, 6.45) is 6.54. The third kappa shape index (κ3) is 4.79. The molecule has 0 aromatic carbocycles.